The molecule has 0 unspecified atom stereocenters. The summed E-state index contributed by atoms with van der Waals surface area (Å²) in [5.74, 6) is 1.90. The van der Waals surface area contributed by atoms with Gasteiger partial charge in [-0.1, -0.05) is 82.7 Å². The molecule has 2 aromatic heterocycles. The fourth-order valence-electron chi connectivity index (χ4n) is 3.83. The van der Waals surface area contributed by atoms with E-state index in [0.717, 1.165) is 43.1 Å². The number of hydrogen-bond acceptors (Lipinski definition) is 4. The van der Waals surface area contributed by atoms with Crippen molar-refractivity contribution in [3.8, 4) is 34.2 Å². The van der Waals surface area contributed by atoms with E-state index in [9.17, 15) is 0 Å². The molecule has 0 aliphatic rings. The van der Waals surface area contributed by atoms with Crippen molar-refractivity contribution >= 4 is 37.9 Å². The molecule has 0 aliphatic heterocycles. The Morgan fingerprint density at radius 2 is 1.09 bits per heavy atom. The van der Waals surface area contributed by atoms with Crippen LogP contribution in [0, 0.1) is 0 Å². The van der Waals surface area contributed by atoms with E-state index in [-0.39, 0.29) is 0 Å². The lowest BCUT2D eigenvalue weighted by atomic mass is 10.1. The van der Waals surface area contributed by atoms with Crippen molar-refractivity contribution in [2.45, 2.75) is 0 Å². The average molecular weight is 478 g/mol. The van der Waals surface area contributed by atoms with E-state index in [1.807, 2.05) is 84.9 Å². The van der Waals surface area contributed by atoms with Crippen LogP contribution in [0.2, 0.25) is 0 Å². The van der Waals surface area contributed by atoms with Gasteiger partial charge in [0.25, 0.3) is 0 Å². The SMILES string of the molecule is Brc1ccc2oc3cc(-c4nc(-c5ccccc5)nc(-c5ccccc5)n4)ccc3c2c1. The summed E-state index contributed by atoms with van der Waals surface area (Å²) < 4.78 is 7.13. The Bertz CT molecular complexity index is 1520. The van der Waals surface area contributed by atoms with Crippen molar-refractivity contribution in [3.05, 3.63) is 102 Å². The first-order chi connectivity index (χ1) is 15.7. The van der Waals surface area contributed by atoms with Crippen LogP contribution >= 0.6 is 15.9 Å². The molecule has 0 N–H and O–H groups in total. The van der Waals surface area contributed by atoms with E-state index in [2.05, 4.69) is 28.1 Å². The van der Waals surface area contributed by atoms with Gasteiger partial charge in [-0.3, -0.25) is 0 Å². The van der Waals surface area contributed by atoms with Crippen molar-refractivity contribution in [1.29, 1.82) is 0 Å². The topological polar surface area (TPSA) is 51.8 Å². The van der Waals surface area contributed by atoms with Gasteiger partial charge in [0.1, 0.15) is 11.2 Å². The smallest absolute Gasteiger partial charge is 0.164 e. The van der Waals surface area contributed by atoms with Gasteiger partial charge in [0.15, 0.2) is 17.5 Å². The summed E-state index contributed by atoms with van der Waals surface area (Å²) in [4.78, 5) is 14.4. The van der Waals surface area contributed by atoms with Crippen LogP contribution in [0.15, 0.2) is 106 Å². The molecule has 0 radical (unpaired) electrons. The monoisotopic (exact) mass is 477 g/mol. The van der Waals surface area contributed by atoms with Crippen LogP contribution < -0.4 is 0 Å². The van der Waals surface area contributed by atoms with Crippen LogP contribution in [0.4, 0.5) is 0 Å². The second-order valence-electron chi connectivity index (χ2n) is 7.49. The summed E-state index contributed by atoms with van der Waals surface area (Å²) >= 11 is 3.55. The quantitative estimate of drug-likeness (QED) is 0.264. The molecule has 0 fully saturated rings. The van der Waals surface area contributed by atoms with Gasteiger partial charge in [-0.2, -0.15) is 0 Å². The molecule has 0 saturated heterocycles. The zero-order chi connectivity index (χ0) is 21.5. The Labute approximate surface area is 192 Å². The van der Waals surface area contributed by atoms with E-state index in [1.165, 1.54) is 0 Å². The van der Waals surface area contributed by atoms with E-state index in [4.69, 9.17) is 19.4 Å². The van der Waals surface area contributed by atoms with Crippen LogP contribution in [-0.2, 0) is 0 Å². The summed E-state index contributed by atoms with van der Waals surface area (Å²) in [6, 6.07) is 32.1. The van der Waals surface area contributed by atoms with Gasteiger partial charge in [-0.15, -0.1) is 0 Å². The zero-order valence-corrected chi connectivity index (χ0v) is 18.5. The summed E-state index contributed by atoms with van der Waals surface area (Å²) in [5, 5.41) is 2.14. The molecule has 0 saturated carbocycles. The van der Waals surface area contributed by atoms with Gasteiger partial charge in [-0.05, 0) is 30.3 Å². The lowest BCUT2D eigenvalue weighted by molar-refractivity contribution is 0.669. The molecule has 32 heavy (non-hydrogen) atoms. The minimum Gasteiger partial charge on any atom is -0.456 e. The normalized spacial score (nSPS) is 11.3. The van der Waals surface area contributed by atoms with Gasteiger partial charge in [-0.25, -0.2) is 15.0 Å². The van der Waals surface area contributed by atoms with Crippen LogP contribution in [0.1, 0.15) is 0 Å². The Kier molecular flexibility index (Phi) is 4.55. The maximum atomic E-state index is 6.11. The molecule has 5 heteroatoms. The van der Waals surface area contributed by atoms with Gasteiger partial charge in [0, 0.05) is 31.9 Å². The Morgan fingerprint density at radius 3 is 1.72 bits per heavy atom. The van der Waals surface area contributed by atoms with Gasteiger partial charge in [0.05, 0.1) is 0 Å². The van der Waals surface area contributed by atoms with Crippen LogP contribution in [0.3, 0.4) is 0 Å². The molecule has 2 heterocycles. The third-order valence-corrected chi connectivity index (χ3v) is 5.88. The molecular weight excluding hydrogens is 462 g/mol. The number of rotatable bonds is 3. The predicted octanol–water partition coefficient (Wildman–Crippen LogP) is 7.53. The molecule has 4 nitrogen and oxygen atoms in total. The fraction of sp³-hybridized carbons (Fsp3) is 0. The van der Waals surface area contributed by atoms with Crippen molar-refractivity contribution in [1.82, 2.24) is 15.0 Å². The molecule has 0 aliphatic carbocycles. The van der Waals surface area contributed by atoms with Crippen molar-refractivity contribution in [2.75, 3.05) is 0 Å². The maximum absolute atomic E-state index is 6.11. The van der Waals surface area contributed by atoms with Gasteiger partial charge >= 0.3 is 0 Å². The Hall–Kier alpha value is -3.83. The standard InChI is InChI=1S/C27H16BrN3O/c28-20-12-14-23-22(16-20)21-13-11-19(15-24(21)32-23)27-30-25(17-7-3-1-4-8-17)29-26(31-27)18-9-5-2-6-10-18/h1-16H. The van der Waals surface area contributed by atoms with Gasteiger partial charge in [0.2, 0.25) is 0 Å². The fourth-order valence-corrected chi connectivity index (χ4v) is 4.19. The second-order valence-corrected chi connectivity index (χ2v) is 8.41. The van der Waals surface area contributed by atoms with Crippen LogP contribution in [-0.4, -0.2) is 15.0 Å². The molecule has 4 aromatic carbocycles. The first-order valence-electron chi connectivity index (χ1n) is 10.2. The number of benzene rings is 4. The number of fused-ring (bicyclic) bond motifs is 3. The largest absolute Gasteiger partial charge is 0.456 e. The highest BCUT2D eigenvalue weighted by atomic mass is 79.9. The van der Waals surface area contributed by atoms with Crippen molar-refractivity contribution in [2.24, 2.45) is 0 Å². The second kappa shape index (κ2) is 7.70. The summed E-state index contributed by atoms with van der Waals surface area (Å²) in [6.45, 7) is 0. The minimum absolute atomic E-state index is 0.612. The Balaban J connectivity index is 1.55. The highest BCUT2D eigenvalue weighted by Crippen LogP contribution is 2.33. The number of hydrogen-bond donors (Lipinski definition) is 0. The average Bonchev–Trinajstić information content (AvgIpc) is 3.22. The summed E-state index contributed by atoms with van der Waals surface area (Å²) in [7, 11) is 0. The van der Waals surface area contributed by atoms with E-state index >= 15 is 0 Å². The lowest BCUT2D eigenvalue weighted by Crippen LogP contribution is -2.00. The number of nitrogens with zero attached hydrogens (tertiary/aromatic N) is 3. The maximum Gasteiger partial charge on any atom is 0.164 e. The zero-order valence-electron chi connectivity index (χ0n) is 16.9. The van der Waals surface area contributed by atoms with Crippen LogP contribution in [0.5, 0.6) is 0 Å². The lowest BCUT2D eigenvalue weighted by Gasteiger charge is -2.08. The van der Waals surface area contributed by atoms with Crippen molar-refractivity contribution < 1.29 is 4.42 Å². The van der Waals surface area contributed by atoms with E-state index in [0.29, 0.717) is 17.5 Å². The van der Waals surface area contributed by atoms with Crippen molar-refractivity contribution in [3.63, 3.8) is 0 Å². The first-order valence-corrected chi connectivity index (χ1v) is 11.0. The molecule has 6 aromatic rings. The van der Waals surface area contributed by atoms with E-state index in [1.54, 1.807) is 0 Å². The summed E-state index contributed by atoms with van der Waals surface area (Å²) in [5.41, 5.74) is 4.43. The predicted molar refractivity (Wildman–Crippen MR) is 131 cm³/mol. The van der Waals surface area contributed by atoms with E-state index < -0.39 is 0 Å². The van der Waals surface area contributed by atoms with Gasteiger partial charge < -0.3 is 4.42 Å². The third kappa shape index (κ3) is 3.37. The Morgan fingerprint density at radius 1 is 0.500 bits per heavy atom. The number of halogens is 1. The molecule has 152 valence electrons. The highest BCUT2D eigenvalue weighted by molar-refractivity contribution is 9.10. The molecular formula is C27H16BrN3O. The highest BCUT2D eigenvalue weighted by Gasteiger charge is 2.14. The number of furan rings is 1. The minimum atomic E-state index is 0.612. The molecule has 0 bridgehead atoms. The molecule has 0 atom stereocenters. The summed E-state index contributed by atoms with van der Waals surface area (Å²) in [6.07, 6.45) is 0. The molecule has 0 amide bonds. The molecule has 0 spiro atoms. The molecule has 6 rings (SSSR count). The number of aromatic nitrogens is 3. The third-order valence-electron chi connectivity index (χ3n) is 5.39. The van der Waals surface area contributed by atoms with Crippen LogP contribution in [0.25, 0.3) is 56.1 Å². The first kappa shape index (κ1) is 18.9.